The number of carbonyl (C=O) groups is 1. The standard InChI is InChI=1S/C16H14F3N5OS/c1-11-21-22-15(24(11)23-7-2-3-8-23)26-10-14(25)20-13-6-4-5-12(9-13)16(17,18)19/h2-9H,10H2,1H3,(H,20,25). The van der Waals surface area contributed by atoms with Crippen molar-refractivity contribution in [3.05, 3.63) is 60.2 Å². The number of rotatable bonds is 5. The van der Waals surface area contributed by atoms with Crippen molar-refractivity contribution in [2.75, 3.05) is 11.1 Å². The zero-order chi connectivity index (χ0) is 18.7. The monoisotopic (exact) mass is 381 g/mol. The molecule has 0 bridgehead atoms. The fourth-order valence-electron chi connectivity index (χ4n) is 2.25. The van der Waals surface area contributed by atoms with Gasteiger partial charge in [-0.1, -0.05) is 17.8 Å². The Morgan fingerprint density at radius 2 is 1.92 bits per heavy atom. The van der Waals surface area contributed by atoms with E-state index in [0.717, 1.165) is 23.9 Å². The van der Waals surface area contributed by atoms with E-state index >= 15 is 0 Å². The summed E-state index contributed by atoms with van der Waals surface area (Å²) in [5.74, 6) is 0.186. The Hall–Kier alpha value is -2.75. The number of hydrogen-bond donors (Lipinski definition) is 1. The highest BCUT2D eigenvalue weighted by atomic mass is 32.2. The average molecular weight is 381 g/mol. The van der Waals surface area contributed by atoms with Crippen LogP contribution in [0.1, 0.15) is 11.4 Å². The van der Waals surface area contributed by atoms with Crippen LogP contribution in [0.5, 0.6) is 0 Å². The first kappa shape index (κ1) is 18.1. The quantitative estimate of drug-likeness (QED) is 0.688. The molecule has 0 unspecified atom stereocenters. The summed E-state index contributed by atoms with van der Waals surface area (Å²) in [6, 6.07) is 8.19. The van der Waals surface area contributed by atoms with Crippen molar-refractivity contribution in [2.45, 2.75) is 18.3 Å². The molecule has 1 aromatic carbocycles. The predicted molar refractivity (Wildman–Crippen MR) is 90.8 cm³/mol. The summed E-state index contributed by atoms with van der Waals surface area (Å²) in [5, 5.41) is 11.0. The molecule has 3 aromatic rings. The van der Waals surface area contributed by atoms with Crippen LogP contribution in [-0.2, 0) is 11.0 Å². The van der Waals surface area contributed by atoms with E-state index in [1.54, 1.807) is 16.3 Å². The predicted octanol–water partition coefficient (Wildman–Crippen LogP) is 3.45. The van der Waals surface area contributed by atoms with Crippen molar-refractivity contribution < 1.29 is 18.0 Å². The van der Waals surface area contributed by atoms with Crippen molar-refractivity contribution >= 4 is 23.4 Å². The molecule has 0 saturated carbocycles. The molecule has 26 heavy (non-hydrogen) atoms. The molecule has 0 aliphatic rings. The largest absolute Gasteiger partial charge is 0.416 e. The summed E-state index contributed by atoms with van der Waals surface area (Å²) in [4.78, 5) is 12.1. The van der Waals surface area contributed by atoms with Gasteiger partial charge in [0.1, 0.15) is 0 Å². The summed E-state index contributed by atoms with van der Waals surface area (Å²) in [7, 11) is 0. The molecule has 2 heterocycles. The molecule has 0 spiro atoms. The van der Waals surface area contributed by atoms with E-state index < -0.39 is 17.6 Å². The van der Waals surface area contributed by atoms with E-state index in [9.17, 15) is 18.0 Å². The minimum atomic E-state index is -4.46. The number of alkyl halides is 3. The fourth-order valence-corrected chi connectivity index (χ4v) is 3.03. The van der Waals surface area contributed by atoms with Gasteiger partial charge in [-0.05, 0) is 37.3 Å². The summed E-state index contributed by atoms with van der Waals surface area (Å²) >= 11 is 1.14. The van der Waals surface area contributed by atoms with Gasteiger partial charge in [-0.2, -0.15) is 13.2 Å². The summed E-state index contributed by atoms with van der Waals surface area (Å²) in [6.45, 7) is 1.78. The first-order chi connectivity index (χ1) is 12.3. The highest BCUT2D eigenvalue weighted by Crippen LogP contribution is 2.30. The van der Waals surface area contributed by atoms with E-state index in [0.29, 0.717) is 11.0 Å². The Morgan fingerprint density at radius 3 is 2.62 bits per heavy atom. The van der Waals surface area contributed by atoms with Crippen molar-refractivity contribution in [1.82, 2.24) is 19.5 Å². The number of carbonyl (C=O) groups excluding carboxylic acids is 1. The highest BCUT2D eigenvalue weighted by Gasteiger charge is 2.30. The Balaban J connectivity index is 1.66. The first-order valence-corrected chi connectivity index (χ1v) is 8.49. The van der Waals surface area contributed by atoms with Gasteiger partial charge in [0.05, 0.1) is 11.3 Å². The van der Waals surface area contributed by atoms with Crippen molar-refractivity contribution in [3.63, 3.8) is 0 Å². The highest BCUT2D eigenvalue weighted by molar-refractivity contribution is 7.99. The summed E-state index contributed by atoms with van der Waals surface area (Å²) < 4.78 is 41.6. The first-order valence-electron chi connectivity index (χ1n) is 7.50. The minimum Gasteiger partial charge on any atom is -0.325 e. The maximum absolute atomic E-state index is 12.7. The molecule has 0 aliphatic heterocycles. The van der Waals surface area contributed by atoms with Gasteiger partial charge in [-0.3, -0.25) is 9.47 Å². The van der Waals surface area contributed by atoms with E-state index in [1.165, 1.54) is 12.1 Å². The van der Waals surface area contributed by atoms with Gasteiger partial charge in [-0.15, -0.1) is 10.2 Å². The SMILES string of the molecule is Cc1nnc(SCC(=O)Nc2cccc(C(F)(F)F)c2)n1-n1cccc1. The third kappa shape index (κ3) is 4.07. The smallest absolute Gasteiger partial charge is 0.325 e. The van der Waals surface area contributed by atoms with Crippen molar-refractivity contribution in [1.29, 1.82) is 0 Å². The number of thioether (sulfide) groups is 1. The maximum atomic E-state index is 12.7. The van der Waals surface area contributed by atoms with Crippen LogP contribution in [-0.4, -0.2) is 31.2 Å². The molecule has 0 fully saturated rings. The molecular weight excluding hydrogens is 367 g/mol. The number of nitrogens with one attached hydrogen (secondary N) is 1. The molecule has 0 radical (unpaired) electrons. The van der Waals surface area contributed by atoms with Crippen LogP contribution in [0.25, 0.3) is 0 Å². The topological polar surface area (TPSA) is 64.7 Å². The van der Waals surface area contributed by atoms with Crippen LogP contribution in [0.3, 0.4) is 0 Å². The normalized spacial score (nSPS) is 11.5. The van der Waals surface area contributed by atoms with E-state index in [1.807, 2.05) is 24.5 Å². The molecular formula is C16H14F3N5OS. The second-order valence-corrected chi connectivity index (χ2v) is 6.26. The Labute approximate surface area is 151 Å². The molecule has 0 saturated heterocycles. The van der Waals surface area contributed by atoms with Crippen LogP contribution < -0.4 is 5.32 Å². The lowest BCUT2D eigenvalue weighted by Gasteiger charge is -2.10. The third-order valence-corrected chi connectivity index (χ3v) is 4.31. The molecule has 2 aromatic heterocycles. The lowest BCUT2D eigenvalue weighted by atomic mass is 10.2. The lowest BCUT2D eigenvalue weighted by Crippen LogP contribution is -2.16. The number of aryl methyl sites for hydroxylation is 1. The number of nitrogens with zero attached hydrogens (tertiary/aromatic N) is 4. The molecule has 3 rings (SSSR count). The van der Waals surface area contributed by atoms with Crippen molar-refractivity contribution in [3.8, 4) is 0 Å². The van der Waals surface area contributed by atoms with Gasteiger partial charge in [0, 0.05) is 18.1 Å². The minimum absolute atomic E-state index is 0.0182. The number of hydrogen-bond acceptors (Lipinski definition) is 4. The Bertz CT molecular complexity index is 905. The van der Waals surface area contributed by atoms with Gasteiger partial charge in [-0.25, -0.2) is 4.68 Å². The fraction of sp³-hybridized carbons (Fsp3) is 0.188. The van der Waals surface area contributed by atoms with E-state index in [-0.39, 0.29) is 11.4 Å². The van der Waals surface area contributed by atoms with Gasteiger partial charge in [0.15, 0.2) is 5.82 Å². The van der Waals surface area contributed by atoms with E-state index in [4.69, 9.17) is 0 Å². The van der Waals surface area contributed by atoms with Gasteiger partial charge >= 0.3 is 6.18 Å². The Morgan fingerprint density at radius 1 is 1.19 bits per heavy atom. The van der Waals surface area contributed by atoms with Crippen LogP contribution in [0.4, 0.5) is 18.9 Å². The molecule has 6 nitrogen and oxygen atoms in total. The molecule has 136 valence electrons. The number of benzene rings is 1. The molecule has 10 heteroatoms. The van der Waals surface area contributed by atoms with E-state index in [2.05, 4.69) is 15.5 Å². The molecule has 0 atom stereocenters. The number of halogens is 3. The second kappa shape index (κ2) is 7.24. The van der Waals surface area contributed by atoms with Crippen LogP contribution in [0.2, 0.25) is 0 Å². The van der Waals surface area contributed by atoms with Gasteiger partial charge < -0.3 is 5.32 Å². The van der Waals surface area contributed by atoms with Crippen LogP contribution >= 0.6 is 11.8 Å². The molecule has 1 amide bonds. The zero-order valence-corrected chi connectivity index (χ0v) is 14.4. The molecule has 1 N–H and O–H groups in total. The third-order valence-electron chi connectivity index (χ3n) is 3.39. The lowest BCUT2D eigenvalue weighted by molar-refractivity contribution is -0.137. The van der Waals surface area contributed by atoms with Gasteiger partial charge in [0.2, 0.25) is 11.1 Å². The Kier molecular flexibility index (Phi) is 5.03. The maximum Gasteiger partial charge on any atom is 0.416 e. The van der Waals surface area contributed by atoms with Crippen LogP contribution in [0.15, 0.2) is 53.9 Å². The zero-order valence-electron chi connectivity index (χ0n) is 13.6. The molecule has 0 aliphatic carbocycles. The number of anilines is 1. The summed E-state index contributed by atoms with van der Waals surface area (Å²) in [6.07, 6.45) is -0.841. The van der Waals surface area contributed by atoms with Gasteiger partial charge in [0.25, 0.3) is 0 Å². The second-order valence-electron chi connectivity index (χ2n) is 5.32. The average Bonchev–Trinajstić information content (AvgIpc) is 3.21. The van der Waals surface area contributed by atoms with Crippen LogP contribution in [0, 0.1) is 6.92 Å². The summed E-state index contributed by atoms with van der Waals surface area (Å²) in [5.41, 5.74) is -0.723. The number of aromatic nitrogens is 4. The number of amides is 1. The van der Waals surface area contributed by atoms with Crippen molar-refractivity contribution in [2.24, 2.45) is 0 Å².